The number of methoxy groups -OCH3 is 1. The fourth-order valence-electron chi connectivity index (χ4n) is 3.43. The topological polar surface area (TPSA) is 101 Å². The number of ether oxygens (including phenoxy) is 1. The molecule has 0 aliphatic carbocycles. The minimum atomic E-state index is -0.732. The number of piperidine rings is 1. The molecule has 3 rings (SSSR count). The number of rotatable bonds is 5. The van der Waals surface area contributed by atoms with Crippen molar-refractivity contribution >= 4 is 23.4 Å². The smallest absolute Gasteiger partial charge is 0.313 e. The number of nitrogens with zero attached hydrogens (tertiary/aromatic N) is 2. The van der Waals surface area contributed by atoms with Crippen molar-refractivity contribution in [3.05, 3.63) is 53.9 Å². The van der Waals surface area contributed by atoms with Crippen molar-refractivity contribution in [2.75, 3.05) is 32.1 Å². The highest BCUT2D eigenvalue weighted by atomic mass is 16.5. The molecule has 8 nitrogen and oxygen atoms in total. The molecule has 2 heterocycles. The number of nitrogens with one attached hydrogen (secondary N) is 2. The van der Waals surface area contributed by atoms with Gasteiger partial charge in [0.1, 0.15) is 5.75 Å². The van der Waals surface area contributed by atoms with Gasteiger partial charge in [0.15, 0.2) is 0 Å². The highest BCUT2D eigenvalue weighted by Gasteiger charge is 2.25. The van der Waals surface area contributed by atoms with E-state index in [1.807, 2.05) is 17.9 Å². The van der Waals surface area contributed by atoms with E-state index in [0.29, 0.717) is 36.6 Å². The number of amides is 3. The molecule has 2 N–H and O–H groups in total. The molecule has 1 aromatic carbocycles. The third kappa shape index (κ3) is 5.34. The van der Waals surface area contributed by atoms with Crippen LogP contribution in [0, 0.1) is 12.8 Å². The Balaban J connectivity index is 1.45. The number of likely N-dealkylation sites (tertiary alicyclic amines) is 1. The number of aryl methyl sites for hydroxylation is 1. The van der Waals surface area contributed by atoms with Crippen LogP contribution in [0.25, 0.3) is 0 Å². The third-order valence-electron chi connectivity index (χ3n) is 5.19. The van der Waals surface area contributed by atoms with E-state index in [-0.39, 0.29) is 11.8 Å². The molecule has 8 heteroatoms. The molecule has 0 saturated carbocycles. The number of carbonyl (C=O) groups is 3. The van der Waals surface area contributed by atoms with Gasteiger partial charge >= 0.3 is 11.8 Å². The van der Waals surface area contributed by atoms with Crippen LogP contribution in [-0.2, 0) is 9.59 Å². The summed E-state index contributed by atoms with van der Waals surface area (Å²) < 4.78 is 5.22. The minimum Gasteiger partial charge on any atom is -0.495 e. The van der Waals surface area contributed by atoms with E-state index in [1.54, 1.807) is 36.7 Å². The van der Waals surface area contributed by atoms with E-state index < -0.39 is 11.8 Å². The molecule has 0 unspecified atom stereocenters. The lowest BCUT2D eigenvalue weighted by Crippen LogP contribution is -2.43. The predicted molar refractivity (Wildman–Crippen MR) is 112 cm³/mol. The lowest BCUT2D eigenvalue weighted by Gasteiger charge is -2.32. The van der Waals surface area contributed by atoms with Crippen LogP contribution >= 0.6 is 0 Å². The first-order valence-corrected chi connectivity index (χ1v) is 9.91. The van der Waals surface area contributed by atoms with Gasteiger partial charge in [-0.15, -0.1) is 0 Å². The molecular formula is C22H26N4O4. The fourth-order valence-corrected chi connectivity index (χ4v) is 3.43. The molecule has 3 amide bonds. The number of hydrogen-bond acceptors (Lipinski definition) is 5. The van der Waals surface area contributed by atoms with E-state index in [9.17, 15) is 14.4 Å². The first kappa shape index (κ1) is 21.3. The summed E-state index contributed by atoms with van der Waals surface area (Å²) >= 11 is 0. The van der Waals surface area contributed by atoms with Crippen LogP contribution in [0.1, 0.15) is 28.8 Å². The summed E-state index contributed by atoms with van der Waals surface area (Å²) in [5.41, 5.74) is 2.03. The molecule has 30 heavy (non-hydrogen) atoms. The molecular weight excluding hydrogens is 384 g/mol. The van der Waals surface area contributed by atoms with Crippen LogP contribution in [0.5, 0.6) is 5.75 Å². The average Bonchev–Trinajstić information content (AvgIpc) is 2.78. The number of hydrogen-bond donors (Lipinski definition) is 2. The lowest BCUT2D eigenvalue weighted by atomic mass is 9.96. The van der Waals surface area contributed by atoms with Crippen molar-refractivity contribution < 1.29 is 19.1 Å². The van der Waals surface area contributed by atoms with Gasteiger partial charge in [-0.05, 0) is 55.5 Å². The normalized spacial score (nSPS) is 14.1. The Bertz CT molecular complexity index is 909. The van der Waals surface area contributed by atoms with Crippen molar-refractivity contribution in [1.82, 2.24) is 15.2 Å². The van der Waals surface area contributed by atoms with Gasteiger partial charge in [0.25, 0.3) is 5.91 Å². The van der Waals surface area contributed by atoms with E-state index >= 15 is 0 Å². The molecule has 0 bridgehead atoms. The maximum Gasteiger partial charge on any atom is 0.313 e. The summed E-state index contributed by atoms with van der Waals surface area (Å²) in [6.45, 7) is 3.53. The van der Waals surface area contributed by atoms with Crippen molar-refractivity contribution in [2.45, 2.75) is 19.8 Å². The average molecular weight is 410 g/mol. The number of carbonyl (C=O) groups excluding carboxylic acids is 3. The Morgan fingerprint density at radius 1 is 1.10 bits per heavy atom. The minimum absolute atomic E-state index is 0.00800. The van der Waals surface area contributed by atoms with Crippen molar-refractivity contribution in [1.29, 1.82) is 0 Å². The van der Waals surface area contributed by atoms with Crippen LogP contribution in [0.2, 0.25) is 0 Å². The van der Waals surface area contributed by atoms with Gasteiger partial charge in [0.05, 0.1) is 12.8 Å². The quantitative estimate of drug-likeness (QED) is 0.735. The Labute approximate surface area is 175 Å². The van der Waals surface area contributed by atoms with Crippen LogP contribution < -0.4 is 15.4 Å². The fraction of sp³-hybridized carbons (Fsp3) is 0.364. The molecule has 1 saturated heterocycles. The molecule has 0 spiro atoms. The summed E-state index contributed by atoms with van der Waals surface area (Å²) in [5, 5.41) is 5.29. The zero-order chi connectivity index (χ0) is 21.5. The van der Waals surface area contributed by atoms with Gasteiger partial charge in [-0.25, -0.2) is 0 Å². The Hall–Kier alpha value is -3.42. The second-order valence-corrected chi connectivity index (χ2v) is 7.34. The summed E-state index contributed by atoms with van der Waals surface area (Å²) in [5.74, 6) is -0.714. The van der Waals surface area contributed by atoms with E-state index in [0.717, 1.165) is 18.4 Å². The van der Waals surface area contributed by atoms with Crippen LogP contribution in [0.3, 0.4) is 0 Å². The summed E-state index contributed by atoms with van der Waals surface area (Å²) in [6, 6.07) is 8.76. The first-order valence-electron chi connectivity index (χ1n) is 9.91. The largest absolute Gasteiger partial charge is 0.495 e. The van der Waals surface area contributed by atoms with Crippen molar-refractivity contribution in [3.8, 4) is 5.75 Å². The molecule has 1 aromatic heterocycles. The summed E-state index contributed by atoms with van der Waals surface area (Å²) in [6.07, 6.45) is 4.74. The number of aromatic nitrogens is 1. The monoisotopic (exact) mass is 410 g/mol. The SMILES string of the molecule is COc1ccc(C)cc1NC(=O)C(=O)NCC1CCN(C(=O)c2ccncc2)CC1. The van der Waals surface area contributed by atoms with Crippen LogP contribution in [-0.4, -0.2) is 54.3 Å². The van der Waals surface area contributed by atoms with E-state index in [4.69, 9.17) is 4.74 Å². The maximum atomic E-state index is 12.5. The second-order valence-electron chi connectivity index (χ2n) is 7.34. The van der Waals surface area contributed by atoms with Crippen LogP contribution in [0.15, 0.2) is 42.7 Å². The maximum absolute atomic E-state index is 12.5. The van der Waals surface area contributed by atoms with Gasteiger partial charge in [-0.3, -0.25) is 19.4 Å². The third-order valence-corrected chi connectivity index (χ3v) is 5.19. The lowest BCUT2D eigenvalue weighted by molar-refractivity contribution is -0.136. The van der Waals surface area contributed by atoms with Gasteiger partial charge in [-0.1, -0.05) is 6.07 Å². The molecule has 1 fully saturated rings. The van der Waals surface area contributed by atoms with Gasteiger partial charge in [-0.2, -0.15) is 0 Å². The Morgan fingerprint density at radius 2 is 1.80 bits per heavy atom. The number of pyridine rings is 1. The molecule has 2 aromatic rings. The number of anilines is 1. The highest BCUT2D eigenvalue weighted by molar-refractivity contribution is 6.39. The van der Waals surface area contributed by atoms with Gasteiger partial charge in [0.2, 0.25) is 0 Å². The van der Waals surface area contributed by atoms with Gasteiger partial charge < -0.3 is 20.3 Å². The standard InChI is InChI=1S/C22H26N4O4/c1-15-3-4-19(30-2)18(13-15)25-21(28)20(27)24-14-16-7-11-26(12-8-16)22(29)17-5-9-23-10-6-17/h3-6,9-10,13,16H,7-8,11-12,14H2,1-2H3,(H,24,27)(H,25,28). The molecule has 1 aliphatic rings. The zero-order valence-electron chi connectivity index (χ0n) is 17.2. The highest BCUT2D eigenvalue weighted by Crippen LogP contribution is 2.25. The first-order chi connectivity index (χ1) is 14.5. The molecule has 0 radical (unpaired) electrons. The predicted octanol–water partition coefficient (Wildman–Crippen LogP) is 2.01. The van der Waals surface area contributed by atoms with Crippen molar-refractivity contribution in [2.24, 2.45) is 5.92 Å². The molecule has 0 atom stereocenters. The Kier molecular flexibility index (Phi) is 7.00. The van der Waals surface area contributed by atoms with Crippen LogP contribution in [0.4, 0.5) is 5.69 Å². The summed E-state index contributed by atoms with van der Waals surface area (Å²) in [7, 11) is 1.51. The zero-order valence-corrected chi connectivity index (χ0v) is 17.2. The van der Waals surface area contributed by atoms with Gasteiger partial charge in [0, 0.05) is 37.6 Å². The summed E-state index contributed by atoms with van der Waals surface area (Å²) in [4.78, 5) is 42.6. The van der Waals surface area contributed by atoms with E-state index in [2.05, 4.69) is 15.6 Å². The molecule has 1 aliphatic heterocycles. The second kappa shape index (κ2) is 9.87. The van der Waals surface area contributed by atoms with Crippen molar-refractivity contribution in [3.63, 3.8) is 0 Å². The Morgan fingerprint density at radius 3 is 2.47 bits per heavy atom. The van der Waals surface area contributed by atoms with E-state index in [1.165, 1.54) is 7.11 Å². The number of benzene rings is 1. The molecule has 158 valence electrons.